The molecule has 1 aliphatic carbocycles. The van der Waals surface area contributed by atoms with Crippen LogP contribution in [0.15, 0.2) is 0 Å². The van der Waals surface area contributed by atoms with Gasteiger partial charge in [0, 0.05) is 19.0 Å². The van der Waals surface area contributed by atoms with Crippen LogP contribution in [0.3, 0.4) is 0 Å². The molecule has 1 rings (SSSR count). The molecule has 0 spiro atoms. The molecule has 1 N–H and O–H groups in total. The van der Waals surface area contributed by atoms with Gasteiger partial charge in [0.05, 0.1) is 5.92 Å². The first-order valence-corrected chi connectivity index (χ1v) is 7.85. The maximum absolute atomic E-state index is 12.2. The highest BCUT2D eigenvalue weighted by atomic mass is 32.2. The molecule has 1 aliphatic rings. The Bertz CT molecular complexity index is 309. The van der Waals surface area contributed by atoms with Gasteiger partial charge in [-0.2, -0.15) is 11.8 Å². The summed E-state index contributed by atoms with van der Waals surface area (Å²) in [6.07, 6.45) is 4.91. The number of hydrogen-bond acceptors (Lipinski definition) is 3. The number of carboxylic acids is 1. The summed E-state index contributed by atoms with van der Waals surface area (Å²) in [6.45, 7) is 2.05. The molecule has 3 unspecified atom stereocenters. The zero-order chi connectivity index (χ0) is 13.7. The summed E-state index contributed by atoms with van der Waals surface area (Å²) in [5.41, 5.74) is 0. The van der Waals surface area contributed by atoms with Gasteiger partial charge in [0.15, 0.2) is 0 Å². The number of carbonyl (C=O) groups is 2. The zero-order valence-corrected chi connectivity index (χ0v) is 12.2. The third-order valence-corrected chi connectivity index (χ3v) is 4.52. The second-order valence-electron chi connectivity index (χ2n) is 5.12. The van der Waals surface area contributed by atoms with Crippen LogP contribution in [0.4, 0.5) is 0 Å². The summed E-state index contributed by atoms with van der Waals surface area (Å²) in [7, 11) is 1.83. The molecule has 18 heavy (non-hydrogen) atoms. The van der Waals surface area contributed by atoms with Crippen molar-refractivity contribution in [3.05, 3.63) is 0 Å². The Labute approximate surface area is 113 Å². The van der Waals surface area contributed by atoms with E-state index in [9.17, 15) is 9.59 Å². The largest absolute Gasteiger partial charge is 0.481 e. The second-order valence-corrected chi connectivity index (χ2v) is 6.11. The monoisotopic (exact) mass is 273 g/mol. The molecule has 0 aliphatic heterocycles. The Morgan fingerprint density at radius 3 is 2.50 bits per heavy atom. The van der Waals surface area contributed by atoms with Gasteiger partial charge in [-0.25, -0.2) is 0 Å². The molecule has 1 saturated carbocycles. The van der Waals surface area contributed by atoms with Crippen molar-refractivity contribution < 1.29 is 14.7 Å². The predicted octanol–water partition coefficient (Wildman–Crippen LogP) is 2.09. The minimum atomic E-state index is -0.761. The Morgan fingerprint density at radius 2 is 2.00 bits per heavy atom. The molecule has 104 valence electrons. The van der Waals surface area contributed by atoms with Crippen LogP contribution in [-0.4, -0.2) is 47.0 Å². The summed E-state index contributed by atoms with van der Waals surface area (Å²) < 4.78 is 0. The lowest BCUT2D eigenvalue weighted by Gasteiger charge is -2.27. The lowest BCUT2D eigenvalue weighted by atomic mass is 10.0. The highest BCUT2D eigenvalue weighted by molar-refractivity contribution is 7.98. The van der Waals surface area contributed by atoms with Gasteiger partial charge in [-0.3, -0.25) is 9.59 Å². The minimum absolute atomic E-state index is 0.0900. The van der Waals surface area contributed by atoms with E-state index in [1.165, 1.54) is 0 Å². The van der Waals surface area contributed by atoms with Gasteiger partial charge < -0.3 is 10.0 Å². The lowest BCUT2D eigenvalue weighted by Crippen LogP contribution is -2.39. The van der Waals surface area contributed by atoms with E-state index >= 15 is 0 Å². The highest BCUT2D eigenvalue weighted by Crippen LogP contribution is 2.32. The van der Waals surface area contributed by atoms with E-state index in [-0.39, 0.29) is 23.8 Å². The molecular formula is C13H23NO3S. The van der Waals surface area contributed by atoms with Crippen LogP contribution in [0.2, 0.25) is 0 Å². The summed E-state index contributed by atoms with van der Waals surface area (Å²) in [6, 6.07) is 0.230. The van der Waals surface area contributed by atoms with Crippen molar-refractivity contribution in [2.24, 2.45) is 11.8 Å². The van der Waals surface area contributed by atoms with Crippen molar-refractivity contribution >= 4 is 23.6 Å². The number of nitrogens with zero attached hydrogens (tertiary/aromatic N) is 1. The SMILES string of the molecule is CSCCC(C)N(C)C(=O)C1CCC(C(=O)O)C1. The van der Waals surface area contributed by atoms with Crippen LogP contribution in [0.1, 0.15) is 32.6 Å². The normalized spacial score (nSPS) is 24.8. The van der Waals surface area contributed by atoms with Gasteiger partial charge >= 0.3 is 5.97 Å². The summed E-state index contributed by atoms with van der Waals surface area (Å²) >= 11 is 1.78. The van der Waals surface area contributed by atoms with Crippen molar-refractivity contribution in [1.82, 2.24) is 4.90 Å². The van der Waals surface area contributed by atoms with Crippen molar-refractivity contribution in [3.8, 4) is 0 Å². The first kappa shape index (κ1) is 15.3. The second kappa shape index (κ2) is 7.02. The Morgan fingerprint density at radius 1 is 1.39 bits per heavy atom. The van der Waals surface area contributed by atoms with E-state index in [0.29, 0.717) is 12.8 Å². The Balaban J connectivity index is 2.47. The zero-order valence-electron chi connectivity index (χ0n) is 11.4. The molecular weight excluding hydrogens is 250 g/mol. The van der Waals surface area contributed by atoms with E-state index in [1.807, 2.05) is 7.05 Å². The molecule has 4 nitrogen and oxygen atoms in total. The molecule has 1 amide bonds. The standard InChI is InChI=1S/C13H23NO3S/c1-9(6-7-18-3)14(2)12(15)10-4-5-11(8-10)13(16)17/h9-11H,4-8H2,1-3H3,(H,16,17). The highest BCUT2D eigenvalue weighted by Gasteiger charge is 2.35. The molecule has 0 radical (unpaired) electrons. The van der Waals surface area contributed by atoms with Gasteiger partial charge in [0.1, 0.15) is 0 Å². The number of aliphatic carboxylic acids is 1. The number of carboxylic acid groups (broad SMARTS) is 1. The fourth-order valence-corrected chi connectivity index (χ4v) is 2.99. The maximum Gasteiger partial charge on any atom is 0.306 e. The van der Waals surface area contributed by atoms with Crippen LogP contribution >= 0.6 is 11.8 Å². The number of hydrogen-bond donors (Lipinski definition) is 1. The fraction of sp³-hybridized carbons (Fsp3) is 0.846. The van der Waals surface area contributed by atoms with E-state index in [0.717, 1.165) is 18.6 Å². The first-order valence-electron chi connectivity index (χ1n) is 6.45. The third-order valence-electron chi connectivity index (χ3n) is 3.88. The number of carbonyl (C=O) groups excluding carboxylic acids is 1. The number of rotatable bonds is 6. The van der Waals surface area contributed by atoms with E-state index in [4.69, 9.17) is 5.11 Å². The van der Waals surface area contributed by atoms with E-state index < -0.39 is 5.97 Å². The quantitative estimate of drug-likeness (QED) is 0.805. The maximum atomic E-state index is 12.2. The van der Waals surface area contributed by atoms with Gasteiger partial charge in [-0.1, -0.05) is 0 Å². The molecule has 1 fully saturated rings. The number of thioether (sulfide) groups is 1. The van der Waals surface area contributed by atoms with Crippen LogP contribution < -0.4 is 0 Å². The molecule has 0 bridgehead atoms. The first-order chi connectivity index (χ1) is 8.47. The van der Waals surface area contributed by atoms with Crippen molar-refractivity contribution in [1.29, 1.82) is 0 Å². The average Bonchev–Trinajstić information content (AvgIpc) is 2.83. The van der Waals surface area contributed by atoms with Crippen LogP contribution in [-0.2, 0) is 9.59 Å². The molecule has 0 aromatic heterocycles. The molecule has 5 heteroatoms. The molecule has 0 aromatic carbocycles. The van der Waals surface area contributed by atoms with Crippen LogP contribution in [0.5, 0.6) is 0 Å². The molecule has 0 saturated heterocycles. The summed E-state index contributed by atoms with van der Waals surface area (Å²) in [5, 5.41) is 8.95. The van der Waals surface area contributed by atoms with Gasteiger partial charge in [-0.05, 0) is 44.6 Å². The van der Waals surface area contributed by atoms with Gasteiger partial charge in [0.25, 0.3) is 0 Å². The summed E-state index contributed by atoms with van der Waals surface area (Å²) in [5.74, 6) is -0.0151. The topological polar surface area (TPSA) is 57.6 Å². The Kier molecular flexibility index (Phi) is 5.99. The number of amides is 1. The van der Waals surface area contributed by atoms with E-state index in [1.54, 1.807) is 16.7 Å². The van der Waals surface area contributed by atoms with Crippen LogP contribution in [0, 0.1) is 11.8 Å². The summed E-state index contributed by atoms with van der Waals surface area (Å²) in [4.78, 5) is 24.9. The van der Waals surface area contributed by atoms with Crippen molar-refractivity contribution in [2.45, 2.75) is 38.6 Å². The smallest absolute Gasteiger partial charge is 0.306 e. The molecule has 3 atom stereocenters. The molecule has 0 aromatic rings. The third kappa shape index (κ3) is 3.90. The van der Waals surface area contributed by atoms with Gasteiger partial charge in [0.2, 0.25) is 5.91 Å². The van der Waals surface area contributed by atoms with Crippen molar-refractivity contribution in [3.63, 3.8) is 0 Å². The van der Waals surface area contributed by atoms with Gasteiger partial charge in [-0.15, -0.1) is 0 Å². The Hall–Kier alpha value is -0.710. The lowest BCUT2D eigenvalue weighted by molar-refractivity contribution is -0.141. The fourth-order valence-electron chi connectivity index (χ4n) is 2.42. The average molecular weight is 273 g/mol. The van der Waals surface area contributed by atoms with Crippen molar-refractivity contribution in [2.75, 3.05) is 19.1 Å². The van der Waals surface area contributed by atoms with Crippen LogP contribution in [0.25, 0.3) is 0 Å². The minimum Gasteiger partial charge on any atom is -0.481 e. The predicted molar refractivity (Wildman–Crippen MR) is 73.7 cm³/mol. The molecule has 0 heterocycles. The van der Waals surface area contributed by atoms with E-state index in [2.05, 4.69) is 13.2 Å².